The van der Waals surface area contributed by atoms with Crippen LogP contribution in [0.4, 0.5) is 0 Å². The number of H-pyrrole nitrogens is 1. The molecule has 1 atom stereocenters. The van der Waals surface area contributed by atoms with Crippen LogP contribution in [0.5, 0.6) is 0 Å². The molecule has 130 valence electrons. The molecule has 1 saturated heterocycles. The van der Waals surface area contributed by atoms with Gasteiger partial charge in [0.05, 0.1) is 12.2 Å². The molecule has 1 aliphatic heterocycles. The summed E-state index contributed by atoms with van der Waals surface area (Å²) in [5.74, 6) is 0.246. The number of unbranched alkanes of at least 4 members (excludes halogenated alkanes) is 1. The van der Waals surface area contributed by atoms with E-state index in [4.69, 9.17) is 4.74 Å². The Hall–Kier alpha value is -1.81. The quantitative estimate of drug-likeness (QED) is 0.807. The molecule has 4 nitrogen and oxygen atoms in total. The molecule has 1 aromatic heterocycles. The number of benzene rings is 1. The van der Waals surface area contributed by atoms with Gasteiger partial charge in [0.2, 0.25) is 0 Å². The molecule has 0 aliphatic carbocycles. The second kappa shape index (κ2) is 8.34. The normalized spacial score (nSPS) is 19.3. The van der Waals surface area contributed by atoms with E-state index in [9.17, 15) is 4.79 Å². The zero-order valence-electron chi connectivity index (χ0n) is 14.6. The lowest BCUT2D eigenvalue weighted by Crippen LogP contribution is -2.31. The summed E-state index contributed by atoms with van der Waals surface area (Å²) in [5, 5.41) is 0.938. The van der Waals surface area contributed by atoms with E-state index in [0.717, 1.165) is 23.9 Å². The van der Waals surface area contributed by atoms with Crippen LogP contribution >= 0.6 is 0 Å². The highest BCUT2D eigenvalue weighted by Crippen LogP contribution is 2.21. The minimum absolute atomic E-state index is 0.211. The third-order valence-corrected chi connectivity index (χ3v) is 4.94. The van der Waals surface area contributed by atoms with Gasteiger partial charge in [0.1, 0.15) is 0 Å². The first-order chi connectivity index (χ1) is 11.8. The van der Waals surface area contributed by atoms with Crippen molar-refractivity contribution in [2.75, 3.05) is 26.2 Å². The minimum atomic E-state index is -0.211. The van der Waals surface area contributed by atoms with Crippen molar-refractivity contribution in [2.45, 2.75) is 39.0 Å². The SMILES string of the molecule is CCCCN1CCCCC(COC(=O)c2c[nH]c3ccccc23)C1. The van der Waals surface area contributed by atoms with Crippen LogP contribution in [0.25, 0.3) is 10.9 Å². The molecular formula is C20H28N2O2. The highest BCUT2D eigenvalue weighted by Gasteiger charge is 2.20. The minimum Gasteiger partial charge on any atom is -0.462 e. The van der Waals surface area contributed by atoms with Gasteiger partial charge in [-0.05, 0) is 38.4 Å². The Morgan fingerprint density at radius 1 is 1.33 bits per heavy atom. The lowest BCUT2D eigenvalue weighted by atomic mass is 10.0. The van der Waals surface area contributed by atoms with Crippen molar-refractivity contribution in [2.24, 2.45) is 5.92 Å². The Balaban J connectivity index is 1.57. The molecule has 3 rings (SSSR count). The number of nitrogens with one attached hydrogen (secondary N) is 1. The number of esters is 1. The predicted molar refractivity (Wildman–Crippen MR) is 97.3 cm³/mol. The first-order valence-corrected chi connectivity index (χ1v) is 9.23. The van der Waals surface area contributed by atoms with Crippen molar-refractivity contribution in [3.63, 3.8) is 0 Å². The van der Waals surface area contributed by atoms with Crippen molar-refractivity contribution >= 4 is 16.9 Å². The number of aromatic nitrogens is 1. The molecule has 2 aromatic rings. The number of hydrogen-bond acceptors (Lipinski definition) is 3. The van der Waals surface area contributed by atoms with Crippen molar-refractivity contribution in [3.05, 3.63) is 36.0 Å². The molecule has 1 N–H and O–H groups in total. The Bertz CT molecular complexity index is 664. The molecule has 0 radical (unpaired) electrons. The van der Waals surface area contributed by atoms with Crippen LogP contribution in [-0.4, -0.2) is 42.1 Å². The number of rotatable bonds is 6. The largest absolute Gasteiger partial charge is 0.462 e. The van der Waals surface area contributed by atoms with Gasteiger partial charge < -0.3 is 14.6 Å². The van der Waals surface area contributed by atoms with Gasteiger partial charge in [-0.1, -0.05) is 38.0 Å². The van der Waals surface area contributed by atoms with E-state index in [1.54, 1.807) is 6.20 Å². The summed E-state index contributed by atoms with van der Waals surface area (Å²) in [5.41, 5.74) is 1.62. The molecule has 0 bridgehead atoms. The summed E-state index contributed by atoms with van der Waals surface area (Å²) in [7, 11) is 0. The van der Waals surface area contributed by atoms with Crippen molar-refractivity contribution in [1.29, 1.82) is 0 Å². The van der Waals surface area contributed by atoms with E-state index in [1.807, 2.05) is 24.3 Å². The second-order valence-corrected chi connectivity index (χ2v) is 6.86. The number of likely N-dealkylation sites (tertiary alicyclic amines) is 1. The zero-order chi connectivity index (χ0) is 16.8. The van der Waals surface area contributed by atoms with Crippen LogP contribution in [0.2, 0.25) is 0 Å². The fourth-order valence-corrected chi connectivity index (χ4v) is 3.55. The fraction of sp³-hybridized carbons (Fsp3) is 0.550. The van der Waals surface area contributed by atoms with Gasteiger partial charge >= 0.3 is 5.97 Å². The summed E-state index contributed by atoms with van der Waals surface area (Å²) in [6.45, 7) is 6.18. The topological polar surface area (TPSA) is 45.3 Å². The number of ether oxygens (including phenoxy) is 1. The first-order valence-electron chi connectivity index (χ1n) is 9.23. The average molecular weight is 328 g/mol. The van der Waals surface area contributed by atoms with E-state index < -0.39 is 0 Å². The average Bonchev–Trinajstić information content (AvgIpc) is 2.91. The standard InChI is InChI=1S/C20H28N2O2/c1-2-3-11-22-12-7-6-8-16(14-22)15-24-20(23)18-13-21-19-10-5-4-9-17(18)19/h4-5,9-10,13,16,21H,2-3,6-8,11-12,14-15H2,1H3. The molecular weight excluding hydrogens is 300 g/mol. The van der Waals surface area contributed by atoms with Gasteiger partial charge in [0.25, 0.3) is 0 Å². The van der Waals surface area contributed by atoms with Gasteiger partial charge in [-0.25, -0.2) is 4.79 Å². The molecule has 0 amide bonds. The van der Waals surface area contributed by atoms with Gasteiger partial charge in [-0.3, -0.25) is 0 Å². The number of para-hydroxylation sites is 1. The summed E-state index contributed by atoms with van der Waals surface area (Å²) in [4.78, 5) is 18.1. The summed E-state index contributed by atoms with van der Waals surface area (Å²) in [6.07, 6.45) is 7.89. The third kappa shape index (κ3) is 4.18. The van der Waals surface area contributed by atoms with Crippen molar-refractivity contribution in [3.8, 4) is 0 Å². The number of carbonyl (C=O) groups excluding carboxylic acids is 1. The van der Waals surface area contributed by atoms with Gasteiger partial charge in [0, 0.05) is 29.6 Å². The maximum absolute atomic E-state index is 12.4. The van der Waals surface area contributed by atoms with E-state index in [2.05, 4.69) is 16.8 Å². The zero-order valence-corrected chi connectivity index (χ0v) is 14.6. The Kier molecular flexibility index (Phi) is 5.91. The van der Waals surface area contributed by atoms with E-state index in [-0.39, 0.29) is 5.97 Å². The van der Waals surface area contributed by atoms with E-state index in [1.165, 1.54) is 38.8 Å². The van der Waals surface area contributed by atoms with Crippen LogP contribution in [0.1, 0.15) is 49.4 Å². The summed E-state index contributed by atoms with van der Waals surface area (Å²) < 4.78 is 5.66. The number of nitrogens with zero attached hydrogens (tertiary/aromatic N) is 1. The highest BCUT2D eigenvalue weighted by molar-refractivity contribution is 6.03. The van der Waals surface area contributed by atoms with Crippen LogP contribution in [0, 0.1) is 5.92 Å². The van der Waals surface area contributed by atoms with Crippen LogP contribution < -0.4 is 0 Å². The molecule has 1 aliphatic rings. The second-order valence-electron chi connectivity index (χ2n) is 6.86. The Morgan fingerprint density at radius 2 is 2.21 bits per heavy atom. The lowest BCUT2D eigenvalue weighted by Gasteiger charge is -2.23. The number of fused-ring (bicyclic) bond motifs is 1. The summed E-state index contributed by atoms with van der Waals surface area (Å²) in [6, 6.07) is 7.85. The monoisotopic (exact) mass is 328 g/mol. The number of aromatic amines is 1. The molecule has 1 unspecified atom stereocenters. The maximum Gasteiger partial charge on any atom is 0.340 e. The number of carbonyl (C=O) groups is 1. The molecule has 4 heteroatoms. The van der Waals surface area contributed by atoms with Crippen molar-refractivity contribution in [1.82, 2.24) is 9.88 Å². The molecule has 1 fully saturated rings. The molecule has 0 spiro atoms. The molecule has 2 heterocycles. The fourth-order valence-electron chi connectivity index (χ4n) is 3.55. The van der Waals surface area contributed by atoms with Gasteiger partial charge in [-0.15, -0.1) is 0 Å². The first kappa shape index (κ1) is 17.0. The molecule has 24 heavy (non-hydrogen) atoms. The van der Waals surface area contributed by atoms with Gasteiger partial charge in [0.15, 0.2) is 0 Å². The smallest absolute Gasteiger partial charge is 0.340 e. The van der Waals surface area contributed by atoms with Gasteiger partial charge in [-0.2, -0.15) is 0 Å². The Labute approximate surface area is 144 Å². The predicted octanol–water partition coefficient (Wildman–Crippen LogP) is 4.23. The van der Waals surface area contributed by atoms with Crippen LogP contribution in [-0.2, 0) is 4.74 Å². The van der Waals surface area contributed by atoms with E-state index >= 15 is 0 Å². The van der Waals surface area contributed by atoms with Crippen molar-refractivity contribution < 1.29 is 9.53 Å². The van der Waals surface area contributed by atoms with Crippen LogP contribution in [0.15, 0.2) is 30.5 Å². The Morgan fingerprint density at radius 3 is 3.08 bits per heavy atom. The summed E-state index contributed by atoms with van der Waals surface area (Å²) >= 11 is 0. The number of hydrogen-bond donors (Lipinski definition) is 1. The highest BCUT2D eigenvalue weighted by atomic mass is 16.5. The molecule has 1 aromatic carbocycles. The van der Waals surface area contributed by atoms with Crippen LogP contribution in [0.3, 0.4) is 0 Å². The maximum atomic E-state index is 12.4. The molecule has 0 saturated carbocycles. The lowest BCUT2D eigenvalue weighted by molar-refractivity contribution is 0.0412. The third-order valence-electron chi connectivity index (χ3n) is 4.94. The van der Waals surface area contributed by atoms with E-state index in [0.29, 0.717) is 18.1 Å².